The molecule has 1 saturated heterocycles. The lowest BCUT2D eigenvalue weighted by molar-refractivity contribution is -0.165. The Morgan fingerprint density at radius 3 is 2.65 bits per heavy atom. The average molecular weight is 355 g/mol. The van der Waals surface area contributed by atoms with Gasteiger partial charge < -0.3 is 9.94 Å². The van der Waals surface area contributed by atoms with E-state index in [2.05, 4.69) is 37.2 Å². The van der Waals surface area contributed by atoms with Crippen LogP contribution in [0.4, 0.5) is 0 Å². The second-order valence-corrected chi connectivity index (χ2v) is 9.72. The van der Waals surface area contributed by atoms with Gasteiger partial charge in [0.25, 0.3) is 0 Å². The van der Waals surface area contributed by atoms with E-state index in [4.69, 9.17) is 4.74 Å². The number of allylic oxidation sites excluding steroid dienone is 4. The minimum atomic E-state index is -0.201. The average Bonchev–Trinajstić information content (AvgIpc) is 3.15. The number of carbonyl (C=O) groups is 1. The molecule has 4 aliphatic carbocycles. The van der Waals surface area contributed by atoms with E-state index in [1.165, 1.54) is 18.4 Å². The van der Waals surface area contributed by atoms with Gasteiger partial charge in [-0.15, -0.1) is 0 Å². The third-order valence-corrected chi connectivity index (χ3v) is 8.99. The van der Waals surface area contributed by atoms with E-state index >= 15 is 0 Å². The topological polar surface area (TPSA) is 58.9 Å². The van der Waals surface area contributed by atoms with E-state index in [0.717, 1.165) is 37.8 Å². The summed E-state index contributed by atoms with van der Waals surface area (Å²) in [6.07, 6.45) is 14.8. The number of hydrogen-bond donors (Lipinski definition) is 1. The second kappa shape index (κ2) is 5.24. The summed E-state index contributed by atoms with van der Waals surface area (Å²) in [6, 6.07) is 0. The number of hydrogen-bond acceptors (Lipinski definition) is 4. The zero-order valence-electron chi connectivity index (χ0n) is 15.8. The number of ether oxygens (including phenoxy) is 1. The molecule has 1 N–H and O–H groups in total. The van der Waals surface area contributed by atoms with Gasteiger partial charge in [-0.1, -0.05) is 31.2 Å². The number of oxime groups is 1. The molecule has 4 heteroatoms. The summed E-state index contributed by atoms with van der Waals surface area (Å²) in [5.74, 6) is 1.83. The highest BCUT2D eigenvalue weighted by Gasteiger charge is 2.66. The van der Waals surface area contributed by atoms with Gasteiger partial charge in [-0.25, -0.2) is 0 Å². The number of fused-ring (bicyclic) bond motifs is 6. The quantitative estimate of drug-likeness (QED) is 0.391. The first-order valence-electron chi connectivity index (χ1n) is 10.3. The van der Waals surface area contributed by atoms with Crippen molar-refractivity contribution in [3.05, 3.63) is 23.8 Å². The molecular formula is C22H29NO3. The SMILES string of the molecule is C[C@]12CC[C@H]3[C@H](C=CC4=C/C(=N/O)CC[C@]43C)[C@H]1CC[C@@]21CCC(=O)O1. The molecule has 0 radical (unpaired) electrons. The number of carbonyl (C=O) groups excluding carboxylic acids is 1. The van der Waals surface area contributed by atoms with Crippen LogP contribution in [0.5, 0.6) is 0 Å². The lowest BCUT2D eigenvalue weighted by Gasteiger charge is -2.57. The van der Waals surface area contributed by atoms with Crippen molar-refractivity contribution in [3.8, 4) is 0 Å². The summed E-state index contributed by atoms with van der Waals surface area (Å²) in [4.78, 5) is 11.9. The van der Waals surface area contributed by atoms with Crippen LogP contribution in [0.2, 0.25) is 0 Å². The van der Waals surface area contributed by atoms with Crippen molar-refractivity contribution in [1.29, 1.82) is 0 Å². The van der Waals surface area contributed by atoms with Gasteiger partial charge in [-0.2, -0.15) is 0 Å². The minimum absolute atomic E-state index is 0.00784. The molecule has 1 spiro atoms. The third-order valence-electron chi connectivity index (χ3n) is 8.99. The highest BCUT2D eigenvalue weighted by Crippen LogP contribution is 2.68. The van der Waals surface area contributed by atoms with Gasteiger partial charge >= 0.3 is 5.97 Å². The van der Waals surface area contributed by atoms with Crippen LogP contribution < -0.4 is 0 Å². The first-order chi connectivity index (χ1) is 12.4. The van der Waals surface area contributed by atoms with Crippen molar-refractivity contribution in [2.45, 2.75) is 70.8 Å². The van der Waals surface area contributed by atoms with Crippen LogP contribution in [0.25, 0.3) is 0 Å². The third kappa shape index (κ3) is 1.91. The van der Waals surface area contributed by atoms with Crippen molar-refractivity contribution in [1.82, 2.24) is 0 Å². The van der Waals surface area contributed by atoms with Crippen molar-refractivity contribution in [3.63, 3.8) is 0 Å². The van der Waals surface area contributed by atoms with Crippen LogP contribution in [0.1, 0.15) is 65.2 Å². The fourth-order valence-electron chi connectivity index (χ4n) is 7.38. The van der Waals surface area contributed by atoms with Crippen molar-refractivity contribution < 1.29 is 14.7 Å². The fourth-order valence-corrected chi connectivity index (χ4v) is 7.38. The molecule has 140 valence electrons. The fraction of sp³-hybridized carbons (Fsp3) is 0.727. The molecule has 0 aromatic rings. The Hall–Kier alpha value is -1.58. The molecule has 0 aromatic carbocycles. The standard InChI is InChI=1S/C22H29NO3/c1-20-9-5-15(23-25)13-14(20)3-4-16-17(20)6-10-21(2)18(16)7-11-22(21)12-8-19(24)26-22/h3-4,13,16-18,25H,5-12H2,1-2H3/b23-15+/t16-,17-,18+,20+,21-,22+/m0/s1. The number of rotatable bonds is 0. The zero-order valence-corrected chi connectivity index (χ0v) is 15.8. The molecule has 5 aliphatic rings. The highest BCUT2D eigenvalue weighted by molar-refractivity contribution is 5.96. The molecule has 6 atom stereocenters. The Labute approximate surface area is 155 Å². The normalized spacial score (nSPS) is 51.0. The molecule has 3 fully saturated rings. The predicted octanol–water partition coefficient (Wildman–Crippen LogP) is 4.63. The molecule has 4 nitrogen and oxygen atoms in total. The maximum Gasteiger partial charge on any atom is 0.306 e. The van der Waals surface area contributed by atoms with Crippen molar-refractivity contribution >= 4 is 11.7 Å². The molecular weight excluding hydrogens is 326 g/mol. The molecule has 0 aromatic heterocycles. The van der Waals surface area contributed by atoms with E-state index in [9.17, 15) is 10.0 Å². The van der Waals surface area contributed by atoms with Gasteiger partial charge in [0, 0.05) is 11.8 Å². The summed E-state index contributed by atoms with van der Waals surface area (Å²) in [5, 5.41) is 12.6. The predicted molar refractivity (Wildman–Crippen MR) is 98.9 cm³/mol. The molecule has 2 saturated carbocycles. The first-order valence-corrected chi connectivity index (χ1v) is 10.3. The first kappa shape index (κ1) is 16.6. The van der Waals surface area contributed by atoms with Crippen LogP contribution in [0, 0.1) is 28.6 Å². The molecule has 1 aliphatic heterocycles. The molecule has 5 rings (SSSR count). The summed E-state index contributed by atoms with van der Waals surface area (Å²) in [6.45, 7) is 4.82. The summed E-state index contributed by atoms with van der Waals surface area (Å²) < 4.78 is 6.00. The maximum atomic E-state index is 11.9. The Morgan fingerprint density at radius 1 is 1.12 bits per heavy atom. The van der Waals surface area contributed by atoms with Gasteiger partial charge in [0.05, 0.1) is 5.71 Å². The van der Waals surface area contributed by atoms with Crippen LogP contribution in [0.3, 0.4) is 0 Å². The lowest BCUT2D eigenvalue weighted by atomic mass is 9.48. The number of nitrogens with zero attached hydrogens (tertiary/aromatic N) is 1. The van der Waals surface area contributed by atoms with Gasteiger partial charge in [0.1, 0.15) is 5.60 Å². The van der Waals surface area contributed by atoms with Gasteiger partial charge in [0.15, 0.2) is 0 Å². The Balaban J connectivity index is 1.52. The molecule has 0 unspecified atom stereocenters. The van der Waals surface area contributed by atoms with Gasteiger partial charge in [-0.3, -0.25) is 4.79 Å². The van der Waals surface area contributed by atoms with E-state index < -0.39 is 0 Å². The lowest BCUT2D eigenvalue weighted by Crippen LogP contribution is -2.53. The molecule has 0 bridgehead atoms. The number of esters is 1. The Morgan fingerprint density at radius 2 is 1.92 bits per heavy atom. The van der Waals surface area contributed by atoms with Crippen LogP contribution in [-0.4, -0.2) is 22.5 Å². The van der Waals surface area contributed by atoms with Crippen molar-refractivity contribution in [2.75, 3.05) is 0 Å². The van der Waals surface area contributed by atoms with Gasteiger partial charge in [-0.05, 0) is 79.8 Å². The molecule has 1 heterocycles. The zero-order chi connectivity index (χ0) is 18.2. The largest absolute Gasteiger partial charge is 0.458 e. The Kier molecular flexibility index (Phi) is 3.34. The Bertz CT molecular complexity index is 752. The molecule has 26 heavy (non-hydrogen) atoms. The van der Waals surface area contributed by atoms with E-state index in [-0.39, 0.29) is 22.4 Å². The van der Waals surface area contributed by atoms with Crippen LogP contribution in [-0.2, 0) is 9.53 Å². The van der Waals surface area contributed by atoms with E-state index in [1.54, 1.807) is 0 Å². The van der Waals surface area contributed by atoms with Gasteiger partial charge in [0.2, 0.25) is 0 Å². The smallest absolute Gasteiger partial charge is 0.306 e. The summed E-state index contributed by atoms with van der Waals surface area (Å²) in [5.41, 5.74) is 2.24. The van der Waals surface area contributed by atoms with Crippen LogP contribution >= 0.6 is 0 Å². The summed E-state index contributed by atoms with van der Waals surface area (Å²) >= 11 is 0. The minimum Gasteiger partial charge on any atom is -0.458 e. The van der Waals surface area contributed by atoms with Crippen LogP contribution in [0.15, 0.2) is 29.0 Å². The summed E-state index contributed by atoms with van der Waals surface area (Å²) in [7, 11) is 0. The maximum absolute atomic E-state index is 11.9. The van der Waals surface area contributed by atoms with Crippen molar-refractivity contribution in [2.24, 2.45) is 33.7 Å². The molecule has 0 amide bonds. The second-order valence-electron chi connectivity index (χ2n) is 9.72. The highest BCUT2D eigenvalue weighted by atomic mass is 16.6. The van der Waals surface area contributed by atoms with E-state index in [1.807, 2.05) is 0 Å². The van der Waals surface area contributed by atoms with E-state index in [0.29, 0.717) is 24.2 Å². The monoisotopic (exact) mass is 355 g/mol.